The lowest BCUT2D eigenvalue weighted by Crippen LogP contribution is -2.48. The van der Waals surface area contributed by atoms with Gasteiger partial charge in [0.05, 0.1) is 36.4 Å². The van der Waals surface area contributed by atoms with Crippen LogP contribution >= 0.6 is 0 Å². The number of rotatable bonds is 12. The van der Waals surface area contributed by atoms with Gasteiger partial charge in [0.25, 0.3) is 11.8 Å². The number of carbonyl (C=O) groups is 2. The third-order valence-corrected chi connectivity index (χ3v) is 8.65. The standard InChI is InChI=1S/C27H36N8O5S/c1-4-9-22-23(24(25(28)36)35(32-22)18-19-10-7-8-11-29-19)31-26(37)21-16-20(17-30-27(21)40-6-3)41(38,39)34-14-12-33(5-2)13-15-34/h7-8,10-11,16-17H,4-6,9,12-15,18H2,1-3H3,(H2,28,36)(H,31,37). The van der Waals surface area contributed by atoms with E-state index in [0.717, 1.165) is 6.54 Å². The molecule has 1 aliphatic rings. The van der Waals surface area contributed by atoms with Crippen molar-refractivity contribution in [2.75, 3.05) is 44.6 Å². The summed E-state index contributed by atoms with van der Waals surface area (Å²) < 4.78 is 35.3. The van der Waals surface area contributed by atoms with Gasteiger partial charge in [-0.1, -0.05) is 26.3 Å². The quantitative estimate of drug-likeness (QED) is 0.322. The average molecular weight is 585 g/mol. The minimum atomic E-state index is -3.91. The first-order valence-electron chi connectivity index (χ1n) is 13.7. The number of nitrogens with two attached hydrogens (primary N) is 1. The van der Waals surface area contributed by atoms with Crippen molar-refractivity contribution in [3.63, 3.8) is 0 Å². The van der Waals surface area contributed by atoms with Crippen molar-refractivity contribution < 1.29 is 22.7 Å². The molecule has 220 valence electrons. The molecule has 3 aromatic heterocycles. The van der Waals surface area contributed by atoms with Gasteiger partial charge in [-0.15, -0.1) is 0 Å². The predicted octanol–water partition coefficient (Wildman–Crippen LogP) is 1.75. The molecule has 13 nitrogen and oxygen atoms in total. The first-order chi connectivity index (χ1) is 19.7. The van der Waals surface area contributed by atoms with E-state index in [4.69, 9.17) is 10.5 Å². The molecule has 4 rings (SSSR count). The lowest BCUT2D eigenvalue weighted by atomic mass is 10.1. The van der Waals surface area contributed by atoms with Crippen LogP contribution in [0.5, 0.6) is 5.88 Å². The minimum Gasteiger partial charge on any atom is -0.477 e. The summed E-state index contributed by atoms with van der Waals surface area (Å²) in [4.78, 5) is 36.8. The second kappa shape index (κ2) is 13.2. The van der Waals surface area contributed by atoms with Gasteiger partial charge in [-0.3, -0.25) is 19.3 Å². The number of nitrogens with one attached hydrogen (secondary N) is 1. The number of pyridine rings is 2. The molecule has 2 amide bonds. The molecule has 0 aliphatic carbocycles. The number of sulfonamides is 1. The fraction of sp³-hybridized carbons (Fsp3) is 0.444. The zero-order chi connectivity index (χ0) is 29.6. The summed E-state index contributed by atoms with van der Waals surface area (Å²) in [6, 6.07) is 6.65. The third kappa shape index (κ3) is 6.72. The Kier molecular flexibility index (Phi) is 9.68. The van der Waals surface area contributed by atoms with Gasteiger partial charge in [0.2, 0.25) is 15.9 Å². The Morgan fingerprint density at radius 3 is 2.46 bits per heavy atom. The van der Waals surface area contributed by atoms with Crippen LogP contribution in [0, 0.1) is 0 Å². The molecule has 0 saturated carbocycles. The maximum Gasteiger partial charge on any atom is 0.269 e. The molecule has 4 heterocycles. The number of aromatic nitrogens is 4. The molecular formula is C27H36N8O5S. The third-order valence-electron chi connectivity index (χ3n) is 6.79. The SMILES string of the molecule is CCCc1nn(Cc2ccccn2)c(C(N)=O)c1NC(=O)c1cc(S(=O)(=O)N2CCN(CC)CC2)cnc1OCC. The lowest BCUT2D eigenvalue weighted by molar-refractivity contribution is 0.0991. The summed E-state index contributed by atoms with van der Waals surface area (Å²) in [5.41, 5.74) is 6.96. The summed E-state index contributed by atoms with van der Waals surface area (Å²) in [5.74, 6) is -1.51. The first kappa shape index (κ1) is 30.1. The number of hydrogen-bond acceptors (Lipinski definition) is 9. The van der Waals surface area contributed by atoms with E-state index in [9.17, 15) is 18.0 Å². The van der Waals surface area contributed by atoms with Crippen LogP contribution in [0.15, 0.2) is 41.6 Å². The maximum atomic E-state index is 13.7. The number of primary amides is 1. The molecule has 3 N–H and O–H groups in total. The molecule has 0 spiro atoms. The second-order valence-electron chi connectivity index (χ2n) is 9.51. The van der Waals surface area contributed by atoms with E-state index < -0.39 is 21.8 Å². The highest BCUT2D eigenvalue weighted by Crippen LogP contribution is 2.27. The number of ether oxygens (including phenoxy) is 1. The summed E-state index contributed by atoms with van der Waals surface area (Å²) >= 11 is 0. The van der Waals surface area contributed by atoms with Crippen LogP contribution in [0.1, 0.15) is 59.4 Å². The zero-order valence-electron chi connectivity index (χ0n) is 23.5. The van der Waals surface area contributed by atoms with E-state index in [2.05, 4.69) is 25.3 Å². The van der Waals surface area contributed by atoms with Gasteiger partial charge in [0.1, 0.15) is 16.2 Å². The fourth-order valence-corrected chi connectivity index (χ4v) is 6.06. The summed E-state index contributed by atoms with van der Waals surface area (Å²) in [7, 11) is -3.91. The number of aryl methyl sites for hydroxylation is 1. The molecule has 0 aromatic carbocycles. The molecule has 3 aromatic rings. The van der Waals surface area contributed by atoms with Crippen molar-refractivity contribution in [3.8, 4) is 5.88 Å². The van der Waals surface area contributed by atoms with Crippen LogP contribution in [0.3, 0.4) is 0 Å². The van der Waals surface area contributed by atoms with Crippen molar-refractivity contribution in [2.45, 2.75) is 45.1 Å². The highest BCUT2D eigenvalue weighted by atomic mass is 32.2. The Labute approximate surface area is 239 Å². The number of amides is 2. The first-order valence-corrected chi connectivity index (χ1v) is 15.1. The maximum absolute atomic E-state index is 13.7. The fourth-order valence-electron chi connectivity index (χ4n) is 4.67. The minimum absolute atomic E-state index is 0.0101. The molecule has 1 fully saturated rings. The van der Waals surface area contributed by atoms with Crippen molar-refractivity contribution in [2.24, 2.45) is 5.73 Å². The number of hydrogen-bond donors (Lipinski definition) is 2. The van der Waals surface area contributed by atoms with Crippen LogP contribution in [-0.4, -0.2) is 88.5 Å². The number of likely N-dealkylation sites (N-methyl/N-ethyl adjacent to an activating group) is 1. The molecule has 1 aliphatic heterocycles. The van der Waals surface area contributed by atoms with E-state index in [1.165, 1.54) is 21.3 Å². The molecule has 14 heteroatoms. The number of carbonyl (C=O) groups excluding carboxylic acids is 2. The number of piperazine rings is 1. The summed E-state index contributed by atoms with van der Waals surface area (Å²) in [6.45, 7) is 8.82. The molecule has 1 saturated heterocycles. The molecule has 0 radical (unpaired) electrons. The van der Waals surface area contributed by atoms with Crippen LogP contribution in [-0.2, 0) is 23.0 Å². The van der Waals surface area contributed by atoms with E-state index in [-0.39, 0.29) is 40.9 Å². The Hall–Kier alpha value is -3.88. The van der Waals surface area contributed by atoms with Gasteiger partial charge >= 0.3 is 0 Å². The number of nitrogens with zero attached hydrogens (tertiary/aromatic N) is 6. The molecule has 0 atom stereocenters. The Balaban J connectivity index is 1.70. The summed E-state index contributed by atoms with van der Waals surface area (Å²) in [6.07, 6.45) is 3.98. The average Bonchev–Trinajstić information content (AvgIpc) is 3.30. The van der Waals surface area contributed by atoms with Gasteiger partial charge in [-0.25, -0.2) is 13.4 Å². The zero-order valence-corrected chi connectivity index (χ0v) is 24.4. The van der Waals surface area contributed by atoms with E-state index in [1.807, 2.05) is 19.9 Å². The van der Waals surface area contributed by atoms with Crippen molar-refractivity contribution in [1.82, 2.24) is 29.0 Å². The van der Waals surface area contributed by atoms with Crippen molar-refractivity contribution in [3.05, 3.63) is 59.3 Å². The van der Waals surface area contributed by atoms with Gasteiger partial charge < -0.3 is 20.7 Å². The second-order valence-corrected chi connectivity index (χ2v) is 11.5. The van der Waals surface area contributed by atoms with E-state index in [1.54, 1.807) is 25.3 Å². The lowest BCUT2D eigenvalue weighted by Gasteiger charge is -2.33. The topological polar surface area (TPSA) is 166 Å². The Bertz CT molecular complexity index is 1480. The van der Waals surface area contributed by atoms with Crippen LogP contribution < -0.4 is 15.8 Å². The largest absolute Gasteiger partial charge is 0.477 e. The van der Waals surface area contributed by atoms with E-state index in [0.29, 0.717) is 50.4 Å². The van der Waals surface area contributed by atoms with E-state index >= 15 is 0 Å². The summed E-state index contributed by atoms with van der Waals surface area (Å²) in [5, 5.41) is 7.32. The highest BCUT2D eigenvalue weighted by Gasteiger charge is 2.31. The van der Waals surface area contributed by atoms with Crippen LogP contribution in [0.4, 0.5) is 5.69 Å². The highest BCUT2D eigenvalue weighted by molar-refractivity contribution is 7.89. The molecule has 41 heavy (non-hydrogen) atoms. The Morgan fingerprint density at radius 2 is 1.85 bits per heavy atom. The van der Waals surface area contributed by atoms with Gasteiger partial charge in [0, 0.05) is 32.4 Å². The van der Waals surface area contributed by atoms with Gasteiger partial charge in [-0.2, -0.15) is 9.40 Å². The molecule has 0 bridgehead atoms. The monoisotopic (exact) mass is 584 g/mol. The van der Waals surface area contributed by atoms with Crippen molar-refractivity contribution in [1.29, 1.82) is 0 Å². The number of anilines is 1. The molecule has 0 unspecified atom stereocenters. The normalized spacial score (nSPS) is 14.6. The smallest absolute Gasteiger partial charge is 0.269 e. The van der Waals surface area contributed by atoms with Gasteiger partial charge in [0.15, 0.2) is 0 Å². The van der Waals surface area contributed by atoms with Crippen molar-refractivity contribution >= 4 is 27.5 Å². The molecular weight excluding hydrogens is 548 g/mol. The van der Waals surface area contributed by atoms with Crippen LogP contribution in [0.2, 0.25) is 0 Å². The Morgan fingerprint density at radius 1 is 1.10 bits per heavy atom. The van der Waals surface area contributed by atoms with Crippen LogP contribution in [0.25, 0.3) is 0 Å². The predicted molar refractivity (Wildman–Crippen MR) is 152 cm³/mol. The van der Waals surface area contributed by atoms with Gasteiger partial charge in [-0.05, 0) is 38.1 Å².